The molecule has 5 heteroatoms. The Kier molecular flexibility index (Phi) is 3.03. The number of benzene rings is 1. The lowest BCUT2D eigenvalue weighted by Gasteiger charge is -2.26. The van der Waals surface area contributed by atoms with Crippen molar-refractivity contribution in [3.8, 4) is 0 Å². The second-order valence-corrected chi connectivity index (χ2v) is 3.89. The van der Waals surface area contributed by atoms with E-state index < -0.39 is 11.8 Å². The molecule has 0 aromatic heterocycles. The largest absolute Gasteiger partial charge is 0.399 e. The number of hydrogen-bond acceptors (Lipinski definition) is 5. The maximum absolute atomic E-state index is 9.90. The Hall–Kier alpha value is -1.98. The van der Waals surface area contributed by atoms with Crippen molar-refractivity contribution in [1.82, 2.24) is 0 Å². The summed E-state index contributed by atoms with van der Waals surface area (Å²) in [5.41, 5.74) is 10.8. The fourth-order valence-electron chi connectivity index (χ4n) is 1.51. The van der Waals surface area contributed by atoms with Crippen LogP contribution in [0.5, 0.6) is 0 Å². The Labute approximate surface area is 99.2 Å². The first-order valence-electron chi connectivity index (χ1n) is 5.21. The summed E-state index contributed by atoms with van der Waals surface area (Å²) < 4.78 is 0. The molecule has 17 heavy (non-hydrogen) atoms. The summed E-state index contributed by atoms with van der Waals surface area (Å²) in [5, 5.41) is 17.9. The number of azo groups is 1. The number of nitrogens with two attached hydrogens (primary N) is 2. The Morgan fingerprint density at radius 3 is 2.59 bits per heavy atom. The molecule has 1 aromatic carbocycles. The van der Waals surface area contributed by atoms with E-state index in [9.17, 15) is 5.11 Å². The van der Waals surface area contributed by atoms with Gasteiger partial charge in [0.25, 0.3) is 0 Å². The van der Waals surface area contributed by atoms with Gasteiger partial charge in [0.05, 0.1) is 5.69 Å². The molecule has 2 unspecified atom stereocenters. The Bertz CT molecular complexity index is 477. The van der Waals surface area contributed by atoms with Gasteiger partial charge in [-0.3, -0.25) is 5.73 Å². The summed E-state index contributed by atoms with van der Waals surface area (Å²) >= 11 is 0. The molecule has 88 valence electrons. The van der Waals surface area contributed by atoms with Crippen LogP contribution in [-0.2, 0) is 0 Å². The van der Waals surface area contributed by atoms with Gasteiger partial charge in [-0.1, -0.05) is 24.3 Å². The highest BCUT2D eigenvalue weighted by Crippen LogP contribution is 2.20. The Morgan fingerprint density at radius 2 is 1.94 bits per heavy atom. The third-order valence-corrected chi connectivity index (χ3v) is 2.40. The number of nitrogens with zero attached hydrogens (tertiary/aromatic N) is 2. The van der Waals surface area contributed by atoms with E-state index in [4.69, 9.17) is 11.5 Å². The molecule has 0 radical (unpaired) electrons. The molecule has 0 saturated carbocycles. The zero-order valence-corrected chi connectivity index (χ0v) is 9.19. The zero-order chi connectivity index (χ0) is 12.3. The van der Waals surface area contributed by atoms with Crippen LogP contribution in [0.1, 0.15) is 0 Å². The summed E-state index contributed by atoms with van der Waals surface area (Å²) in [6, 6.07) is 8.61. The first-order chi connectivity index (χ1) is 8.08. The van der Waals surface area contributed by atoms with Gasteiger partial charge >= 0.3 is 0 Å². The normalized spacial score (nSPS) is 28.4. The monoisotopic (exact) mass is 230 g/mol. The molecule has 0 heterocycles. The summed E-state index contributed by atoms with van der Waals surface area (Å²) in [6.45, 7) is 0. The lowest BCUT2D eigenvalue weighted by molar-refractivity contribution is 0.0812. The first-order valence-corrected chi connectivity index (χ1v) is 5.21. The van der Waals surface area contributed by atoms with Crippen molar-refractivity contribution in [2.24, 2.45) is 21.7 Å². The molecule has 1 aliphatic carbocycles. The SMILES string of the molecule is NC1=CC(N)(O)C(N=Nc2ccccc2)C=C1. The summed E-state index contributed by atoms with van der Waals surface area (Å²) in [4.78, 5) is 0. The molecule has 0 aliphatic heterocycles. The van der Waals surface area contributed by atoms with Crippen molar-refractivity contribution in [1.29, 1.82) is 0 Å². The van der Waals surface area contributed by atoms with E-state index in [1.54, 1.807) is 12.2 Å². The number of hydrogen-bond donors (Lipinski definition) is 3. The molecular weight excluding hydrogens is 216 g/mol. The van der Waals surface area contributed by atoms with E-state index in [1.165, 1.54) is 6.08 Å². The van der Waals surface area contributed by atoms with Crippen LogP contribution in [-0.4, -0.2) is 16.9 Å². The van der Waals surface area contributed by atoms with Crippen LogP contribution < -0.4 is 11.5 Å². The van der Waals surface area contributed by atoms with Crippen LogP contribution >= 0.6 is 0 Å². The van der Waals surface area contributed by atoms with Gasteiger partial charge in [-0.2, -0.15) is 10.2 Å². The predicted molar refractivity (Wildman–Crippen MR) is 65.3 cm³/mol. The zero-order valence-electron chi connectivity index (χ0n) is 9.19. The molecule has 5 N–H and O–H groups in total. The molecule has 2 atom stereocenters. The van der Waals surface area contributed by atoms with Crippen LogP contribution in [0.3, 0.4) is 0 Å². The first kappa shape index (κ1) is 11.5. The van der Waals surface area contributed by atoms with Crippen LogP contribution in [0.25, 0.3) is 0 Å². The number of rotatable bonds is 2. The minimum absolute atomic E-state index is 0.418. The van der Waals surface area contributed by atoms with Crippen molar-refractivity contribution in [3.63, 3.8) is 0 Å². The molecule has 0 bridgehead atoms. The Balaban J connectivity index is 2.15. The lowest BCUT2D eigenvalue weighted by Crippen LogP contribution is -2.49. The third kappa shape index (κ3) is 2.77. The average molecular weight is 230 g/mol. The molecule has 0 saturated heterocycles. The predicted octanol–water partition coefficient (Wildman–Crippen LogP) is 1.20. The minimum Gasteiger partial charge on any atom is -0.399 e. The fourth-order valence-corrected chi connectivity index (χ4v) is 1.51. The van der Waals surface area contributed by atoms with Gasteiger partial charge in [0.1, 0.15) is 6.04 Å². The summed E-state index contributed by atoms with van der Waals surface area (Å²) in [7, 11) is 0. The highest BCUT2D eigenvalue weighted by Gasteiger charge is 2.31. The van der Waals surface area contributed by atoms with Gasteiger partial charge < -0.3 is 10.8 Å². The van der Waals surface area contributed by atoms with Crippen molar-refractivity contribution in [2.45, 2.75) is 11.8 Å². The highest BCUT2D eigenvalue weighted by molar-refractivity contribution is 5.35. The topological polar surface area (TPSA) is 97.0 Å². The summed E-state index contributed by atoms with van der Waals surface area (Å²) in [5.74, 6) is 0. The lowest BCUT2D eigenvalue weighted by atomic mass is 9.99. The van der Waals surface area contributed by atoms with Crippen molar-refractivity contribution in [3.05, 3.63) is 54.3 Å². The molecular formula is C12H14N4O. The van der Waals surface area contributed by atoms with E-state index in [0.717, 1.165) is 0 Å². The van der Waals surface area contributed by atoms with Gasteiger partial charge in [-0.05, 0) is 24.3 Å². The van der Waals surface area contributed by atoms with E-state index in [1.807, 2.05) is 30.3 Å². The Morgan fingerprint density at radius 1 is 1.24 bits per heavy atom. The fraction of sp³-hybridized carbons (Fsp3) is 0.167. The second-order valence-electron chi connectivity index (χ2n) is 3.89. The van der Waals surface area contributed by atoms with Gasteiger partial charge in [0, 0.05) is 5.70 Å². The standard InChI is InChI=1S/C12H14N4O/c13-9-6-7-11(12(14,17)8-9)16-15-10-4-2-1-3-5-10/h1-8,11,17H,13-14H2. The molecule has 1 aromatic rings. The van der Waals surface area contributed by atoms with E-state index in [0.29, 0.717) is 11.4 Å². The molecule has 0 amide bonds. The van der Waals surface area contributed by atoms with Gasteiger partial charge in [-0.15, -0.1) is 0 Å². The minimum atomic E-state index is -1.59. The number of aliphatic hydroxyl groups is 1. The maximum atomic E-state index is 9.90. The second kappa shape index (κ2) is 4.48. The van der Waals surface area contributed by atoms with E-state index in [-0.39, 0.29) is 0 Å². The van der Waals surface area contributed by atoms with Crippen LogP contribution in [0, 0.1) is 0 Å². The van der Waals surface area contributed by atoms with E-state index >= 15 is 0 Å². The molecule has 0 fully saturated rings. The van der Waals surface area contributed by atoms with Crippen LogP contribution in [0.15, 0.2) is 64.5 Å². The van der Waals surface area contributed by atoms with Crippen molar-refractivity contribution in [2.75, 3.05) is 0 Å². The van der Waals surface area contributed by atoms with Gasteiger partial charge in [-0.25, -0.2) is 0 Å². The molecule has 5 nitrogen and oxygen atoms in total. The van der Waals surface area contributed by atoms with E-state index in [2.05, 4.69) is 10.2 Å². The highest BCUT2D eigenvalue weighted by atomic mass is 16.3. The molecule has 0 spiro atoms. The van der Waals surface area contributed by atoms with Crippen molar-refractivity contribution < 1.29 is 5.11 Å². The van der Waals surface area contributed by atoms with Gasteiger partial charge in [0.2, 0.25) is 0 Å². The number of allylic oxidation sites excluding steroid dienone is 1. The van der Waals surface area contributed by atoms with Crippen LogP contribution in [0.4, 0.5) is 5.69 Å². The van der Waals surface area contributed by atoms with Crippen LogP contribution in [0.2, 0.25) is 0 Å². The van der Waals surface area contributed by atoms with Gasteiger partial charge in [0.15, 0.2) is 5.72 Å². The third-order valence-electron chi connectivity index (χ3n) is 2.40. The quantitative estimate of drug-likeness (QED) is 0.526. The summed E-state index contributed by atoms with van der Waals surface area (Å²) in [6.07, 6.45) is 4.64. The average Bonchev–Trinajstić information content (AvgIpc) is 2.28. The maximum Gasteiger partial charge on any atom is 0.163 e. The molecule has 2 rings (SSSR count). The smallest absolute Gasteiger partial charge is 0.163 e. The molecule has 1 aliphatic rings. The van der Waals surface area contributed by atoms with Crippen molar-refractivity contribution >= 4 is 5.69 Å².